The summed E-state index contributed by atoms with van der Waals surface area (Å²) in [6, 6.07) is 6.02. The van der Waals surface area contributed by atoms with Crippen molar-refractivity contribution in [3.63, 3.8) is 0 Å². The first-order valence-electron chi connectivity index (χ1n) is 4.66. The molecule has 0 saturated heterocycles. The van der Waals surface area contributed by atoms with Crippen LogP contribution in [0.1, 0.15) is 18.4 Å². The highest BCUT2D eigenvalue weighted by atomic mass is 32.2. The lowest BCUT2D eigenvalue weighted by molar-refractivity contribution is 0.997. The number of hydrogen-bond acceptors (Lipinski definition) is 2. The second-order valence-corrected chi connectivity index (χ2v) is 4.32. The fourth-order valence-corrected chi connectivity index (χ4v) is 2.15. The standard InChI is InChI=1S/C12H15NS/c1-3-4-5-8-14-12-7-6-11(13)9-10(12)2/h1,6-7,9H,4-5,8,13H2,2H3. The molecule has 0 bridgehead atoms. The number of aryl methyl sites for hydroxylation is 1. The number of thioether (sulfide) groups is 1. The van der Waals surface area contributed by atoms with Gasteiger partial charge in [-0.25, -0.2) is 0 Å². The van der Waals surface area contributed by atoms with Crippen molar-refractivity contribution in [2.75, 3.05) is 11.5 Å². The van der Waals surface area contributed by atoms with Crippen molar-refractivity contribution < 1.29 is 0 Å². The smallest absolute Gasteiger partial charge is 0.0317 e. The molecule has 1 aromatic rings. The van der Waals surface area contributed by atoms with Gasteiger partial charge in [0.25, 0.3) is 0 Å². The molecule has 0 saturated carbocycles. The summed E-state index contributed by atoms with van der Waals surface area (Å²) < 4.78 is 0. The lowest BCUT2D eigenvalue weighted by Gasteiger charge is -2.05. The van der Waals surface area contributed by atoms with E-state index in [9.17, 15) is 0 Å². The van der Waals surface area contributed by atoms with Crippen LogP contribution in [0.3, 0.4) is 0 Å². The third-order valence-corrected chi connectivity index (χ3v) is 3.18. The Morgan fingerprint density at radius 3 is 2.93 bits per heavy atom. The Labute approximate surface area is 90.1 Å². The fraction of sp³-hybridized carbons (Fsp3) is 0.333. The number of unbranched alkanes of at least 4 members (excludes halogenated alkanes) is 1. The maximum absolute atomic E-state index is 5.67. The predicted octanol–water partition coefficient (Wildman–Crippen LogP) is 3.08. The lowest BCUT2D eigenvalue weighted by atomic mass is 10.2. The highest BCUT2D eigenvalue weighted by Gasteiger charge is 1.98. The Morgan fingerprint density at radius 2 is 2.29 bits per heavy atom. The summed E-state index contributed by atoms with van der Waals surface area (Å²) in [4.78, 5) is 1.30. The lowest BCUT2D eigenvalue weighted by Crippen LogP contribution is -1.88. The summed E-state index contributed by atoms with van der Waals surface area (Å²) in [6.07, 6.45) is 7.12. The van der Waals surface area contributed by atoms with Crippen LogP contribution in [0, 0.1) is 19.3 Å². The third kappa shape index (κ3) is 3.35. The minimum absolute atomic E-state index is 0.829. The van der Waals surface area contributed by atoms with Crippen LogP contribution in [-0.4, -0.2) is 5.75 Å². The summed E-state index contributed by atoms with van der Waals surface area (Å²) in [5.41, 5.74) is 7.74. The number of benzene rings is 1. The number of rotatable bonds is 4. The average Bonchev–Trinajstić information content (AvgIpc) is 2.15. The Morgan fingerprint density at radius 1 is 1.50 bits per heavy atom. The minimum Gasteiger partial charge on any atom is -0.399 e. The molecule has 0 aliphatic carbocycles. The maximum Gasteiger partial charge on any atom is 0.0317 e. The van der Waals surface area contributed by atoms with E-state index in [0.717, 1.165) is 24.3 Å². The van der Waals surface area contributed by atoms with Gasteiger partial charge in [0.05, 0.1) is 0 Å². The van der Waals surface area contributed by atoms with Crippen LogP contribution >= 0.6 is 11.8 Å². The Balaban J connectivity index is 2.47. The van der Waals surface area contributed by atoms with Gasteiger partial charge in [-0.2, -0.15) is 0 Å². The van der Waals surface area contributed by atoms with Crippen LogP contribution in [0.2, 0.25) is 0 Å². The summed E-state index contributed by atoms with van der Waals surface area (Å²) in [7, 11) is 0. The number of nitrogen functional groups attached to an aromatic ring is 1. The van der Waals surface area contributed by atoms with Gasteiger partial charge in [-0.3, -0.25) is 0 Å². The topological polar surface area (TPSA) is 26.0 Å². The van der Waals surface area contributed by atoms with E-state index in [1.54, 1.807) is 0 Å². The molecule has 0 radical (unpaired) electrons. The molecule has 2 heteroatoms. The molecule has 0 aliphatic heterocycles. The summed E-state index contributed by atoms with van der Waals surface area (Å²) in [6.45, 7) is 2.08. The van der Waals surface area contributed by atoms with Gasteiger partial charge >= 0.3 is 0 Å². The van der Waals surface area contributed by atoms with Gasteiger partial charge in [0, 0.05) is 17.0 Å². The molecule has 0 heterocycles. The van der Waals surface area contributed by atoms with E-state index in [1.807, 2.05) is 23.9 Å². The van der Waals surface area contributed by atoms with Gasteiger partial charge in [-0.1, -0.05) is 0 Å². The van der Waals surface area contributed by atoms with Crippen LogP contribution in [0.5, 0.6) is 0 Å². The Bertz CT molecular complexity index is 339. The molecule has 0 amide bonds. The highest BCUT2D eigenvalue weighted by Crippen LogP contribution is 2.24. The molecule has 1 aromatic carbocycles. The average molecular weight is 205 g/mol. The number of terminal acetylenes is 1. The molecule has 1 rings (SSSR count). The van der Waals surface area contributed by atoms with Crippen molar-refractivity contribution >= 4 is 17.4 Å². The molecule has 0 atom stereocenters. The summed E-state index contributed by atoms with van der Waals surface area (Å²) in [5.74, 6) is 3.72. The summed E-state index contributed by atoms with van der Waals surface area (Å²) >= 11 is 1.84. The second kappa shape index (κ2) is 5.62. The van der Waals surface area contributed by atoms with Crippen molar-refractivity contribution in [1.82, 2.24) is 0 Å². The second-order valence-electron chi connectivity index (χ2n) is 3.18. The van der Waals surface area contributed by atoms with Crippen molar-refractivity contribution in [3.05, 3.63) is 23.8 Å². The zero-order valence-corrected chi connectivity index (χ0v) is 9.23. The number of nitrogens with two attached hydrogens (primary N) is 1. The first-order chi connectivity index (χ1) is 6.74. The molecule has 0 aliphatic rings. The molecule has 0 spiro atoms. The molecule has 1 nitrogen and oxygen atoms in total. The monoisotopic (exact) mass is 205 g/mol. The quantitative estimate of drug-likeness (QED) is 0.354. The van der Waals surface area contributed by atoms with E-state index >= 15 is 0 Å². The van der Waals surface area contributed by atoms with E-state index < -0.39 is 0 Å². The first-order valence-corrected chi connectivity index (χ1v) is 5.65. The van der Waals surface area contributed by atoms with E-state index in [1.165, 1.54) is 10.5 Å². The molecule has 0 fully saturated rings. The van der Waals surface area contributed by atoms with Gasteiger partial charge in [0.1, 0.15) is 0 Å². The van der Waals surface area contributed by atoms with Crippen molar-refractivity contribution in [3.8, 4) is 12.3 Å². The van der Waals surface area contributed by atoms with Gasteiger partial charge in [0.2, 0.25) is 0 Å². The van der Waals surface area contributed by atoms with Crippen LogP contribution in [-0.2, 0) is 0 Å². The van der Waals surface area contributed by atoms with Gasteiger partial charge in [-0.15, -0.1) is 24.1 Å². The minimum atomic E-state index is 0.829. The van der Waals surface area contributed by atoms with Gasteiger partial charge in [-0.05, 0) is 42.9 Å². The summed E-state index contributed by atoms with van der Waals surface area (Å²) in [5, 5.41) is 0. The van der Waals surface area contributed by atoms with Crippen LogP contribution in [0.15, 0.2) is 23.1 Å². The van der Waals surface area contributed by atoms with E-state index in [2.05, 4.69) is 18.9 Å². The largest absolute Gasteiger partial charge is 0.399 e. The Hall–Kier alpha value is -1.07. The molecule has 0 unspecified atom stereocenters. The van der Waals surface area contributed by atoms with E-state index in [4.69, 9.17) is 12.2 Å². The molecule has 2 N–H and O–H groups in total. The fourth-order valence-electron chi connectivity index (χ4n) is 1.19. The third-order valence-electron chi connectivity index (χ3n) is 1.92. The molecule has 0 aromatic heterocycles. The van der Waals surface area contributed by atoms with Gasteiger partial charge in [0.15, 0.2) is 0 Å². The highest BCUT2D eigenvalue weighted by molar-refractivity contribution is 7.99. The van der Waals surface area contributed by atoms with Crippen LogP contribution in [0.4, 0.5) is 5.69 Å². The molecule has 74 valence electrons. The molecular weight excluding hydrogens is 190 g/mol. The zero-order valence-electron chi connectivity index (χ0n) is 8.42. The SMILES string of the molecule is C#CCCCSc1ccc(N)cc1C. The van der Waals surface area contributed by atoms with Crippen LogP contribution in [0.25, 0.3) is 0 Å². The number of anilines is 1. The van der Waals surface area contributed by atoms with Crippen LogP contribution < -0.4 is 5.73 Å². The van der Waals surface area contributed by atoms with E-state index in [0.29, 0.717) is 0 Å². The molecule has 14 heavy (non-hydrogen) atoms. The van der Waals surface area contributed by atoms with Gasteiger partial charge < -0.3 is 5.73 Å². The number of hydrogen-bond donors (Lipinski definition) is 1. The zero-order chi connectivity index (χ0) is 10.4. The van der Waals surface area contributed by atoms with Crippen molar-refractivity contribution in [1.29, 1.82) is 0 Å². The normalized spacial score (nSPS) is 9.71. The van der Waals surface area contributed by atoms with Crippen molar-refractivity contribution in [2.45, 2.75) is 24.7 Å². The molecular formula is C12H15NS. The Kier molecular flexibility index (Phi) is 4.42. The maximum atomic E-state index is 5.67. The first kappa shape index (κ1) is 11.0. The van der Waals surface area contributed by atoms with E-state index in [-0.39, 0.29) is 0 Å². The predicted molar refractivity (Wildman–Crippen MR) is 64.4 cm³/mol. The van der Waals surface area contributed by atoms with Crippen molar-refractivity contribution in [2.24, 2.45) is 0 Å².